The van der Waals surface area contributed by atoms with Crippen molar-refractivity contribution in [1.29, 1.82) is 0 Å². The minimum atomic E-state index is 0.0150. The predicted molar refractivity (Wildman–Crippen MR) is 113 cm³/mol. The third-order valence-corrected chi connectivity index (χ3v) is 5.15. The van der Waals surface area contributed by atoms with E-state index in [9.17, 15) is 0 Å². The summed E-state index contributed by atoms with van der Waals surface area (Å²) in [6.45, 7) is 9.10. The van der Waals surface area contributed by atoms with Gasteiger partial charge in [-0.3, -0.25) is 4.99 Å². The Bertz CT molecular complexity index is 587. The van der Waals surface area contributed by atoms with Gasteiger partial charge < -0.3 is 20.1 Å². The minimum absolute atomic E-state index is 0.0150. The fourth-order valence-electron chi connectivity index (χ4n) is 3.32. The lowest BCUT2D eigenvalue weighted by atomic mass is 9.74. The molecule has 1 aliphatic rings. The highest BCUT2D eigenvalue weighted by molar-refractivity contribution is 6.30. The highest BCUT2D eigenvalue weighted by Gasteiger charge is 2.34. The largest absolute Gasteiger partial charge is 0.381 e. The van der Waals surface area contributed by atoms with Crippen molar-refractivity contribution in [3.8, 4) is 0 Å². The van der Waals surface area contributed by atoms with Gasteiger partial charge >= 0.3 is 0 Å². The molecule has 2 rings (SSSR count). The second-order valence-corrected chi connectivity index (χ2v) is 8.01. The summed E-state index contributed by atoms with van der Waals surface area (Å²) in [7, 11) is 1.81. The van der Waals surface area contributed by atoms with E-state index in [-0.39, 0.29) is 5.41 Å². The summed E-state index contributed by atoms with van der Waals surface area (Å²) in [6.07, 6.45) is 2.90. The summed E-state index contributed by atoms with van der Waals surface area (Å²) >= 11 is 6.25. The predicted octanol–water partition coefficient (Wildman–Crippen LogP) is 3.62. The third kappa shape index (κ3) is 7.32. The first-order chi connectivity index (χ1) is 13.1. The number of hydrogen-bond acceptors (Lipinski definition) is 3. The molecule has 0 unspecified atom stereocenters. The zero-order valence-electron chi connectivity index (χ0n) is 16.9. The SMILES string of the molecule is CN=C(NCCCOCC(C)C)NCC1(c2cccc(Cl)c2)CCOCC1. The lowest BCUT2D eigenvalue weighted by Gasteiger charge is -2.38. The Labute approximate surface area is 168 Å². The Balaban J connectivity index is 1.86. The van der Waals surface area contributed by atoms with Gasteiger partial charge in [-0.05, 0) is 42.9 Å². The second kappa shape index (κ2) is 11.5. The number of guanidine groups is 1. The standard InChI is InChI=1S/C21H34ClN3O2/c1-17(2)15-27-11-5-10-24-20(23-3)25-16-21(8-12-26-13-9-21)18-6-4-7-19(22)14-18/h4,6-7,14,17H,5,8-13,15-16H2,1-3H3,(H2,23,24,25). The number of nitrogens with one attached hydrogen (secondary N) is 2. The highest BCUT2D eigenvalue weighted by Crippen LogP contribution is 2.35. The van der Waals surface area contributed by atoms with Crippen molar-refractivity contribution in [3.63, 3.8) is 0 Å². The maximum Gasteiger partial charge on any atom is 0.191 e. The van der Waals surface area contributed by atoms with Crippen LogP contribution in [0.25, 0.3) is 0 Å². The van der Waals surface area contributed by atoms with Crippen molar-refractivity contribution < 1.29 is 9.47 Å². The molecule has 2 N–H and O–H groups in total. The van der Waals surface area contributed by atoms with E-state index >= 15 is 0 Å². The van der Waals surface area contributed by atoms with Gasteiger partial charge in [-0.15, -0.1) is 0 Å². The molecule has 0 radical (unpaired) electrons. The molecular formula is C21H34ClN3O2. The molecule has 1 aliphatic heterocycles. The first-order valence-electron chi connectivity index (χ1n) is 9.92. The molecule has 0 saturated carbocycles. The summed E-state index contributed by atoms with van der Waals surface area (Å²) < 4.78 is 11.2. The van der Waals surface area contributed by atoms with Crippen LogP contribution in [0.15, 0.2) is 29.3 Å². The van der Waals surface area contributed by atoms with Crippen LogP contribution in [0.1, 0.15) is 38.7 Å². The molecule has 0 aliphatic carbocycles. The molecule has 0 spiro atoms. The van der Waals surface area contributed by atoms with Crippen LogP contribution < -0.4 is 10.6 Å². The number of ether oxygens (including phenoxy) is 2. The molecule has 0 aromatic heterocycles. The zero-order chi connectivity index (χ0) is 19.5. The van der Waals surface area contributed by atoms with E-state index in [1.54, 1.807) is 7.05 Å². The van der Waals surface area contributed by atoms with Crippen LogP contribution in [0.2, 0.25) is 5.02 Å². The van der Waals surface area contributed by atoms with Crippen LogP contribution in [-0.4, -0.2) is 52.5 Å². The van der Waals surface area contributed by atoms with Crippen LogP contribution in [0.3, 0.4) is 0 Å². The number of nitrogens with zero attached hydrogens (tertiary/aromatic N) is 1. The Morgan fingerprint density at radius 3 is 2.74 bits per heavy atom. The fourth-order valence-corrected chi connectivity index (χ4v) is 3.51. The first-order valence-corrected chi connectivity index (χ1v) is 10.3. The van der Waals surface area contributed by atoms with Crippen LogP contribution in [0.4, 0.5) is 0 Å². The third-order valence-electron chi connectivity index (χ3n) is 4.91. The molecule has 1 heterocycles. The van der Waals surface area contributed by atoms with Gasteiger partial charge in [0.25, 0.3) is 0 Å². The molecule has 1 fully saturated rings. The van der Waals surface area contributed by atoms with Crippen molar-refractivity contribution in [2.45, 2.75) is 38.5 Å². The molecule has 0 atom stereocenters. The smallest absolute Gasteiger partial charge is 0.191 e. The molecule has 1 aromatic rings. The van der Waals surface area contributed by atoms with Gasteiger partial charge in [0, 0.05) is 57.0 Å². The van der Waals surface area contributed by atoms with E-state index in [1.807, 2.05) is 12.1 Å². The number of benzene rings is 1. The molecule has 1 saturated heterocycles. The van der Waals surface area contributed by atoms with Gasteiger partial charge in [0.1, 0.15) is 0 Å². The minimum Gasteiger partial charge on any atom is -0.381 e. The van der Waals surface area contributed by atoms with Crippen molar-refractivity contribution >= 4 is 17.6 Å². The molecule has 27 heavy (non-hydrogen) atoms. The highest BCUT2D eigenvalue weighted by atomic mass is 35.5. The van der Waals surface area contributed by atoms with Gasteiger partial charge in [0.15, 0.2) is 5.96 Å². The Kier molecular flexibility index (Phi) is 9.39. The Morgan fingerprint density at radius 1 is 1.30 bits per heavy atom. The van der Waals surface area contributed by atoms with Gasteiger partial charge in [0.05, 0.1) is 0 Å². The number of rotatable bonds is 9. The summed E-state index contributed by atoms with van der Waals surface area (Å²) in [5.74, 6) is 1.40. The van der Waals surface area contributed by atoms with E-state index < -0.39 is 0 Å². The summed E-state index contributed by atoms with van der Waals surface area (Å²) in [6, 6.07) is 8.20. The van der Waals surface area contributed by atoms with E-state index in [0.717, 1.165) is 69.8 Å². The van der Waals surface area contributed by atoms with Gasteiger partial charge in [-0.25, -0.2) is 0 Å². The second-order valence-electron chi connectivity index (χ2n) is 7.58. The van der Waals surface area contributed by atoms with Crippen LogP contribution in [0.5, 0.6) is 0 Å². The summed E-state index contributed by atoms with van der Waals surface area (Å²) in [5.41, 5.74) is 1.28. The average Bonchev–Trinajstić information content (AvgIpc) is 2.67. The van der Waals surface area contributed by atoms with Crippen molar-refractivity contribution in [1.82, 2.24) is 10.6 Å². The first kappa shape index (κ1) is 22.0. The topological polar surface area (TPSA) is 54.9 Å². The fraction of sp³-hybridized carbons (Fsp3) is 0.667. The van der Waals surface area contributed by atoms with Crippen LogP contribution >= 0.6 is 11.6 Å². The van der Waals surface area contributed by atoms with E-state index in [0.29, 0.717) is 5.92 Å². The normalized spacial score (nSPS) is 17.1. The molecule has 6 heteroatoms. The quantitative estimate of drug-likeness (QED) is 0.381. The molecule has 0 amide bonds. The number of halogens is 1. The number of hydrogen-bond donors (Lipinski definition) is 2. The summed E-state index contributed by atoms with van der Waals surface area (Å²) in [4.78, 5) is 4.36. The molecule has 5 nitrogen and oxygen atoms in total. The zero-order valence-corrected chi connectivity index (χ0v) is 17.6. The lowest BCUT2D eigenvalue weighted by molar-refractivity contribution is 0.0514. The van der Waals surface area contributed by atoms with Crippen molar-refractivity contribution in [3.05, 3.63) is 34.9 Å². The average molecular weight is 396 g/mol. The van der Waals surface area contributed by atoms with Crippen LogP contribution in [0, 0.1) is 5.92 Å². The number of aliphatic imine (C=N–C) groups is 1. The van der Waals surface area contributed by atoms with Crippen LogP contribution in [-0.2, 0) is 14.9 Å². The molecule has 152 valence electrons. The Hall–Kier alpha value is -1.30. The van der Waals surface area contributed by atoms with E-state index in [2.05, 4.69) is 41.6 Å². The van der Waals surface area contributed by atoms with Gasteiger partial charge in [-0.1, -0.05) is 37.6 Å². The Morgan fingerprint density at radius 2 is 2.07 bits per heavy atom. The van der Waals surface area contributed by atoms with E-state index in [1.165, 1.54) is 5.56 Å². The molecule has 0 bridgehead atoms. The van der Waals surface area contributed by atoms with E-state index in [4.69, 9.17) is 21.1 Å². The molecule has 1 aromatic carbocycles. The van der Waals surface area contributed by atoms with Crippen molar-refractivity contribution in [2.24, 2.45) is 10.9 Å². The maximum absolute atomic E-state index is 6.25. The summed E-state index contributed by atoms with van der Waals surface area (Å²) in [5, 5.41) is 7.67. The molecular weight excluding hydrogens is 362 g/mol. The lowest BCUT2D eigenvalue weighted by Crippen LogP contribution is -2.48. The van der Waals surface area contributed by atoms with Gasteiger partial charge in [-0.2, -0.15) is 0 Å². The van der Waals surface area contributed by atoms with Gasteiger partial charge in [0.2, 0.25) is 0 Å². The maximum atomic E-state index is 6.25. The van der Waals surface area contributed by atoms with Crippen molar-refractivity contribution in [2.75, 3.05) is 46.6 Å². The monoisotopic (exact) mass is 395 g/mol.